The van der Waals surface area contributed by atoms with E-state index in [0.717, 1.165) is 15.6 Å². The molecule has 0 radical (unpaired) electrons. The first kappa shape index (κ1) is 16.0. The van der Waals surface area contributed by atoms with Gasteiger partial charge in [0.25, 0.3) is 10.0 Å². The third-order valence-electron chi connectivity index (χ3n) is 3.06. The molecule has 112 valence electrons. The van der Waals surface area contributed by atoms with Crippen LogP contribution in [0.25, 0.3) is 0 Å². The highest BCUT2D eigenvalue weighted by molar-refractivity contribution is 9.10. The monoisotopic (exact) mass is 369 g/mol. The largest absolute Gasteiger partial charge is 0.396 e. The molecule has 0 fully saturated rings. The van der Waals surface area contributed by atoms with Crippen molar-refractivity contribution in [2.75, 3.05) is 11.3 Å². The first-order valence-electron chi connectivity index (χ1n) is 6.41. The van der Waals surface area contributed by atoms with Crippen molar-refractivity contribution < 1.29 is 13.5 Å². The van der Waals surface area contributed by atoms with Gasteiger partial charge in [0.2, 0.25) is 0 Å². The van der Waals surface area contributed by atoms with E-state index >= 15 is 0 Å². The fourth-order valence-corrected chi connectivity index (χ4v) is 3.26. The molecule has 0 aromatic heterocycles. The predicted molar refractivity (Wildman–Crippen MR) is 86.9 cm³/mol. The Kier molecular flexibility index (Phi) is 5.03. The lowest BCUT2D eigenvalue weighted by Gasteiger charge is -2.10. The van der Waals surface area contributed by atoms with E-state index in [0.29, 0.717) is 12.1 Å². The molecule has 0 saturated heterocycles. The highest BCUT2D eigenvalue weighted by Gasteiger charge is 2.14. The van der Waals surface area contributed by atoms with Crippen LogP contribution in [0.15, 0.2) is 51.8 Å². The molecule has 0 unspecified atom stereocenters. The van der Waals surface area contributed by atoms with Gasteiger partial charge < -0.3 is 5.11 Å². The lowest BCUT2D eigenvalue weighted by molar-refractivity contribution is 0.299. The number of halogens is 1. The van der Waals surface area contributed by atoms with E-state index in [4.69, 9.17) is 5.11 Å². The molecule has 0 amide bonds. The molecule has 0 heterocycles. The van der Waals surface area contributed by atoms with Crippen LogP contribution < -0.4 is 4.72 Å². The molecule has 6 heteroatoms. The maximum Gasteiger partial charge on any atom is 0.261 e. The van der Waals surface area contributed by atoms with Gasteiger partial charge in [-0.25, -0.2) is 8.42 Å². The minimum Gasteiger partial charge on any atom is -0.396 e. The van der Waals surface area contributed by atoms with Crippen molar-refractivity contribution in [2.24, 2.45) is 0 Å². The first-order valence-corrected chi connectivity index (χ1v) is 8.69. The van der Waals surface area contributed by atoms with E-state index in [1.54, 1.807) is 24.3 Å². The Morgan fingerprint density at radius 3 is 2.38 bits per heavy atom. The second-order valence-electron chi connectivity index (χ2n) is 4.69. The van der Waals surface area contributed by atoms with Crippen LogP contribution in [-0.4, -0.2) is 20.1 Å². The summed E-state index contributed by atoms with van der Waals surface area (Å²) in [6, 6.07) is 11.8. The average molecular weight is 370 g/mol. The third-order valence-corrected chi connectivity index (χ3v) is 5.31. The lowest BCUT2D eigenvalue weighted by atomic mass is 10.2. The first-order chi connectivity index (χ1) is 9.92. The summed E-state index contributed by atoms with van der Waals surface area (Å²) in [6.45, 7) is 1.98. The average Bonchev–Trinajstić information content (AvgIpc) is 2.44. The Balaban J connectivity index is 2.23. The van der Waals surface area contributed by atoms with Gasteiger partial charge in [0.1, 0.15) is 0 Å². The number of aliphatic hydroxyl groups excluding tert-OH is 1. The van der Waals surface area contributed by atoms with Crippen LogP contribution >= 0.6 is 15.9 Å². The van der Waals surface area contributed by atoms with Crippen molar-refractivity contribution in [3.05, 3.63) is 58.1 Å². The van der Waals surface area contributed by atoms with Crippen molar-refractivity contribution in [2.45, 2.75) is 18.2 Å². The summed E-state index contributed by atoms with van der Waals surface area (Å²) in [5.41, 5.74) is 2.44. The van der Waals surface area contributed by atoms with Crippen LogP contribution in [0.5, 0.6) is 0 Å². The summed E-state index contributed by atoms with van der Waals surface area (Å²) >= 11 is 3.38. The normalized spacial score (nSPS) is 11.4. The number of sulfonamides is 1. The van der Waals surface area contributed by atoms with Gasteiger partial charge in [-0.05, 0) is 48.7 Å². The van der Waals surface area contributed by atoms with Gasteiger partial charge in [0.05, 0.1) is 4.90 Å². The van der Waals surface area contributed by atoms with Crippen molar-refractivity contribution >= 4 is 31.6 Å². The van der Waals surface area contributed by atoms with Gasteiger partial charge in [0.15, 0.2) is 0 Å². The minimum atomic E-state index is -3.61. The van der Waals surface area contributed by atoms with Crippen molar-refractivity contribution in [3.63, 3.8) is 0 Å². The number of hydrogen-bond donors (Lipinski definition) is 2. The molecule has 0 saturated carbocycles. The Hall–Kier alpha value is -1.37. The van der Waals surface area contributed by atoms with Gasteiger partial charge in [-0.2, -0.15) is 0 Å². The van der Waals surface area contributed by atoms with Crippen LogP contribution in [0.3, 0.4) is 0 Å². The van der Waals surface area contributed by atoms with Crippen LogP contribution in [-0.2, 0) is 16.4 Å². The van der Waals surface area contributed by atoms with Crippen molar-refractivity contribution in [1.29, 1.82) is 0 Å². The van der Waals surface area contributed by atoms with Crippen LogP contribution in [0.1, 0.15) is 11.1 Å². The second kappa shape index (κ2) is 6.60. The Bertz CT molecular complexity index is 727. The van der Waals surface area contributed by atoms with Gasteiger partial charge in [0, 0.05) is 16.8 Å². The molecule has 0 aliphatic carbocycles. The van der Waals surface area contributed by atoms with Crippen molar-refractivity contribution in [3.8, 4) is 0 Å². The molecule has 0 aliphatic rings. The molecule has 2 N–H and O–H groups in total. The number of benzene rings is 2. The molecule has 2 aromatic carbocycles. The summed E-state index contributed by atoms with van der Waals surface area (Å²) in [7, 11) is -3.61. The fraction of sp³-hybridized carbons (Fsp3) is 0.200. The van der Waals surface area contributed by atoms with E-state index in [1.165, 1.54) is 12.1 Å². The number of hydrogen-bond acceptors (Lipinski definition) is 3. The number of nitrogens with one attached hydrogen (secondary N) is 1. The summed E-state index contributed by atoms with van der Waals surface area (Å²) < 4.78 is 28.0. The molecule has 21 heavy (non-hydrogen) atoms. The van der Waals surface area contributed by atoms with Crippen LogP contribution in [0.4, 0.5) is 5.69 Å². The zero-order chi connectivity index (χ0) is 15.5. The number of aliphatic hydroxyl groups is 1. The molecule has 0 spiro atoms. The molecule has 2 aromatic rings. The molecule has 4 nitrogen and oxygen atoms in total. The summed E-state index contributed by atoms with van der Waals surface area (Å²) in [5.74, 6) is 0. The summed E-state index contributed by atoms with van der Waals surface area (Å²) in [5, 5.41) is 8.86. The van der Waals surface area contributed by atoms with Crippen molar-refractivity contribution in [1.82, 2.24) is 0 Å². The van der Waals surface area contributed by atoms with E-state index in [2.05, 4.69) is 20.7 Å². The van der Waals surface area contributed by atoms with Crippen LogP contribution in [0, 0.1) is 6.92 Å². The van der Waals surface area contributed by atoms with E-state index < -0.39 is 10.0 Å². The summed E-state index contributed by atoms with van der Waals surface area (Å²) in [4.78, 5) is 0.195. The highest BCUT2D eigenvalue weighted by atomic mass is 79.9. The molecular formula is C15H16BrNO3S. The standard InChI is InChI=1S/C15H16BrNO3S/c1-11-2-5-13(10-15(11)16)17-21(19,20)14-6-3-12(4-7-14)8-9-18/h2-7,10,17-18H,8-9H2,1H3. The number of anilines is 1. The van der Waals surface area contributed by atoms with Gasteiger partial charge in [-0.1, -0.05) is 34.1 Å². The highest BCUT2D eigenvalue weighted by Crippen LogP contribution is 2.23. The zero-order valence-corrected chi connectivity index (χ0v) is 13.9. The third kappa shape index (κ3) is 4.06. The topological polar surface area (TPSA) is 66.4 Å². The zero-order valence-electron chi connectivity index (χ0n) is 11.5. The number of aryl methyl sites for hydroxylation is 1. The smallest absolute Gasteiger partial charge is 0.261 e. The molecule has 0 bridgehead atoms. The summed E-state index contributed by atoms with van der Waals surface area (Å²) in [6.07, 6.45) is 0.513. The lowest BCUT2D eigenvalue weighted by Crippen LogP contribution is -2.13. The van der Waals surface area contributed by atoms with E-state index in [-0.39, 0.29) is 11.5 Å². The quantitative estimate of drug-likeness (QED) is 0.850. The van der Waals surface area contributed by atoms with Crippen LogP contribution in [0.2, 0.25) is 0 Å². The maximum absolute atomic E-state index is 12.3. The molecule has 0 aliphatic heterocycles. The molecular weight excluding hydrogens is 354 g/mol. The molecule has 2 rings (SSSR count). The fourth-order valence-electron chi connectivity index (χ4n) is 1.83. The van der Waals surface area contributed by atoms with Gasteiger partial charge in [-0.15, -0.1) is 0 Å². The second-order valence-corrected chi connectivity index (χ2v) is 7.22. The Labute approximate surface area is 133 Å². The Morgan fingerprint density at radius 1 is 1.14 bits per heavy atom. The number of rotatable bonds is 5. The van der Waals surface area contributed by atoms with Gasteiger partial charge >= 0.3 is 0 Å². The SMILES string of the molecule is Cc1ccc(NS(=O)(=O)c2ccc(CCO)cc2)cc1Br. The Morgan fingerprint density at radius 2 is 1.81 bits per heavy atom. The maximum atomic E-state index is 12.3. The van der Waals surface area contributed by atoms with E-state index in [9.17, 15) is 8.42 Å². The minimum absolute atomic E-state index is 0.0434. The molecule has 0 atom stereocenters. The van der Waals surface area contributed by atoms with E-state index in [1.807, 2.05) is 13.0 Å². The predicted octanol–water partition coefficient (Wildman–Crippen LogP) is 3.09. The van der Waals surface area contributed by atoms with Gasteiger partial charge in [-0.3, -0.25) is 4.72 Å².